The predicted molar refractivity (Wildman–Crippen MR) is 70.5 cm³/mol. The van der Waals surface area contributed by atoms with Gasteiger partial charge in [-0.25, -0.2) is 0 Å². The van der Waals surface area contributed by atoms with Gasteiger partial charge in [0.15, 0.2) is 0 Å². The smallest absolute Gasteiger partial charge is 0.00977 e. The number of hydrogen-bond donors (Lipinski definition) is 1. The van der Waals surface area contributed by atoms with Gasteiger partial charge in [-0.3, -0.25) is 0 Å². The Bertz CT molecular complexity index is 209. The molecule has 1 heteroatoms. The highest BCUT2D eigenvalue weighted by Crippen LogP contribution is 2.50. The third-order valence-corrected chi connectivity index (χ3v) is 5.42. The van der Waals surface area contributed by atoms with Gasteiger partial charge in [-0.15, -0.1) is 0 Å². The van der Waals surface area contributed by atoms with Gasteiger partial charge in [0.05, 0.1) is 0 Å². The maximum Gasteiger partial charge on any atom is 0.00977 e. The molecular formula is C15H29N. The second-order valence-electron chi connectivity index (χ2n) is 6.15. The van der Waals surface area contributed by atoms with Gasteiger partial charge in [-0.05, 0) is 56.4 Å². The number of rotatable bonds is 6. The zero-order chi connectivity index (χ0) is 11.5. The molecule has 0 aromatic carbocycles. The van der Waals surface area contributed by atoms with Gasteiger partial charge >= 0.3 is 0 Å². The molecule has 2 aliphatic rings. The first-order valence-corrected chi connectivity index (χ1v) is 7.45. The second-order valence-corrected chi connectivity index (χ2v) is 6.15. The van der Waals surface area contributed by atoms with E-state index >= 15 is 0 Å². The van der Waals surface area contributed by atoms with Gasteiger partial charge in [0.1, 0.15) is 0 Å². The van der Waals surface area contributed by atoms with Crippen molar-refractivity contribution < 1.29 is 0 Å². The van der Waals surface area contributed by atoms with Crippen LogP contribution in [0.4, 0.5) is 0 Å². The molecule has 2 bridgehead atoms. The van der Waals surface area contributed by atoms with Crippen LogP contribution in [0, 0.1) is 23.7 Å². The van der Waals surface area contributed by atoms with E-state index in [0.29, 0.717) is 0 Å². The first-order valence-electron chi connectivity index (χ1n) is 7.45. The summed E-state index contributed by atoms with van der Waals surface area (Å²) in [5.74, 6) is 4.10. The molecule has 16 heavy (non-hydrogen) atoms. The van der Waals surface area contributed by atoms with Gasteiger partial charge in [0.2, 0.25) is 0 Å². The van der Waals surface area contributed by atoms with Gasteiger partial charge in [-0.2, -0.15) is 0 Å². The fraction of sp³-hybridized carbons (Fsp3) is 1.00. The molecule has 4 atom stereocenters. The molecular weight excluding hydrogens is 194 g/mol. The molecule has 94 valence electrons. The SMILES string of the molecule is CCC(CC)CC(NC)C1CC2CCC1C2. The molecule has 2 rings (SSSR count). The lowest BCUT2D eigenvalue weighted by atomic mass is 9.79. The van der Waals surface area contributed by atoms with Crippen LogP contribution in [-0.4, -0.2) is 13.1 Å². The lowest BCUT2D eigenvalue weighted by Gasteiger charge is -2.32. The Balaban J connectivity index is 1.89. The quantitative estimate of drug-likeness (QED) is 0.721. The monoisotopic (exact) mass is 223 g/mol. The molecule has 4 unspecified atom stereocenters. The van der Waals surface area contributed by atoms with Crippen LogP contribution in [0.1, 0.15) is 58.8 Å². The second kappa shape index (κ2) is 5.53. The van der Waals surface area contributed by atoms with Crippen molar-refractivity contribution in [1.29, 1.82) is 0 Å². The Kier molecular flexibility index (Phi) is 4.29. The Morgan fingerprint density at radius 3 is 2.31 bits per heavy atom. The van der Waals surface area contributed by atoms with Crippen LogP contribution in [-0.2, 0) is 0 Å². The molecule has 2 fully saturated rings. The van der Waals surface area contributed by atoms with E-state index in [9.17, 15) is 0 Å². The van der Waals surface area contributed by atoms with E-state index in [0.717, 1.165) is 29.7 Å². The van der Waals surface area contributed by atoms with E-state index in [2.05, 4.69) is 26.2 Å². The zero-order valence-electron chi connectivity index (χ0n) is 11.3. The molecule has 0 aromatic rings. The van der Waals surface area contributed by atoms with Crippen LogP contribution >= 0.6 is 0 Å². The molecule has 0 saturated heterocycles. The van der Waals surface area contributed by atoms with Crippen molar-refractivity contribution in [2.75, 3.05) is 7.05 Å². The zero-order valence-corrected chi connectivity index (χ0v) is 11.3. The molecule has 1 nitrogen and oxygen atoms in total. The Morgan fingerprint density at radius 2 is 1.88 bits per heavy atom. The maximum atomic E-state index is 3.63. The third kappa shape index (κ3) is 2.45. The largest absolute Gasteiger partial charge is 0.317 e. The molecule has 0 aliphatic heterocycles. The minimum Gasteiger partial charge on any atom is -0.317 e. The van der Waals surface area contributed by atoms with Crippen molar-refractivity contribution in [3.05, 3.63) is 0 Å². The first kappa shape index (κ1) is 12.4. The number of hydrogen-bond acceptors (Lipinski definition) is 1. The Labute approximate surface area is 101 Å². The van der Waals surface area contributed by atoms with E-state index in [1.165, 1.54) is 38.5 Å². The van der Waals surface area contributed by atoms with Crippen LogP contribution in [0.2, 0.25) is 0 Å². The summed E-state index contributed by atoms with van der Waals surface area (Å²) in [7, 11) is 2.18. The highest BCUT2D eigenvalue weighted by atomic mass is 14.9. The molecule has 0 spiro atoms. The summed E-state index contributed by atoms with van der Waals surface area (Å²) in [5, 5.41) is 3.63. The topological polar surface area (TPSA) is 12.0 Å². The average molecular weight is 223 g/mol. The van der Waals surface area contributed by atoms with E-state index in [1.54, 1.807) is 6.42 Å². The van der Waals surface area contributed by atoms with E-state index < -0.39 is 0 Å². The molecule has 2 saturated carbocycles. The molecule has 0 radical (unpaired) electrons. The van der Waals surface area contributed by atoms with Crippen molar-refractivity contribution in [3.8, 4) is 0 Å². The minimum absolute atomic E-state index is 0.806. The average Bonchev–Trinajstić information content (AvgIpc) is 2.93. The van der Waals surface area contributed by atoms with Gasteiger partial charge in [0.25, 0.3) is 0 Å². The van der Waals surface area contributed by atoms with Crippen LogP contribution in [0.25, 0.3) is 0 Å². The summed E-state index contributed by atoms with van der Waals surface area (Å²) < 4.78 is 0. The molecule has 0 heterocycles. The Hall–Kier alpha value is -0.0400. The lowest BCUT2D eigenvalue weighted by molar-refractivity contribution is 0.221. The summed E-state index contributed by atoms with van der Waals surface area (Å²) in [6.45, 7) is 4.70. The Morgan fingerprint density at radius 1 is 1.12 bits per heavy atom. The number of fused-ring (bicyclic) bond motifs is 2. The highest BCUT2D eigenvalue weighted by molar-refractivity contribution is 4.95. The molecule has 2 aliphatic carbocycles. The lowest BCUT2D eigenvalue weighted by Crippen LogP contribution is -2.38. The van der Waals surface area contributed by atoms with Crippen molar-refractivity contribution in [2.24, 2.45) is 23.7 Å². The molecule has 0 aromatic heterocycles. The van der Waals surface area contributed by atoms with Crippen LogP contribution in [0.3, 0.4) is 0 Å². The van der Waals surface area contributed by atoms with Crippen molar-refractivity contribution in [2.45, 2.75) is 64.8 Å². The van der Waals surface area contributed by atoms with Crippen LogP contribution in [0.5, 0.6) is 0 Å². The predicted octanol–water partition coefficient (Wildman–Crippen LogP) is 3.84. The normalized spacial score (nSPS) is 34.9. The highest BCUT2D eigenvalue weighted by Gasteiger charge is 2.42. The van der Waals surface area contributed by atoms with Gasteiger partial charge < -0.3 is 5.32 Å². The van der Waals surface area contributed by atoms with E-state index in [1.807, 2.05) is 0 Å². The molecule has 1 N–H and O–H groups in total. The summed E-state index contributed by atoms with van der Waals surface area (Å²) >= 11 is 0. The van der Waals surface area contributed by atoms with Gasteiger partial charge in [0, 0.05) is 6.04 Å². The molecule has 0 amide bonds. The maximum absolute atomic E-state index is 3.63. The van der Waals surface area contributed by atoms with Gasteiger partial charge in [-0.1, -0.05) is 33.1 Å². The summed E-state index contributed by atoms with van der Waals surface area (Å²) in [4.78, 5) is 0. The van der Waals surface area contributed by atoms with E-state index in [-0.39, 0.29) is 0 Å². The standard InChI is InChI=1S/C15H29N/c1-4-11(5-2)10-15(16-3)14-9-12-6-7-13(14)8-12/h11-16H,4-10H2,1-3H3. The van der Waals surface area contributed by atoms with Crippen LogP contribution in [0.15, 0.2) is 0 Å². The first-order chi connectivity index (χ1) is 7.78. The third-order valence-electron chi connectivity index (χ3n) is 5.42. The fourth-order valence-corrected chi connectivity index (χ4v) is 4.27. The van der Waals surface area contributed by atoms with Crippen molar-refractivity contribution in [3.63, 3.8) is 0 Å². The van der Waals surface area contributed by atoms with Crippen molar-refractivity contribution >= 4 is 0 Å². The summed E-state index contributed by atoms with van der Waals surface area (Å²) in [6.07, 6.45) is 10.3. The van der Waals surface area contributed by atoms with Crippen LogP contribution < -0.4 is 5.32 Å². The summed E-state index contributed by atoms with van der Waals surface area (Å²) in [6, 6.07) is 0.806. The fourth-order valence-electron chi connectivity index (χ4n) is 4.27. The number of nitrogens with one attached hydrogen (secondary N) is 1. The minimum atomic E-state index is 0.806. The van der Waals surface area contributed by atoms with E-state index in [4.69, 9.17) is 0 Å². The summed E-state index contributed by atoms with van der Waals surface area (Å²) in [5.41, 5.74) is 0. The van der Waals surface area contributed by atoms with Crippen molar-refractivity contribution in [1.82, 2.24) is 5.32 Å².